The lowest BCUT2D eigenvalue weighted by Gasteiger charge is -2.18. The summed E-state index contributed by atoms with van der Waals surface area (Å²) in [4.78, 5) is 35.6. The Labute approximate surface area is 141 Å². The Morgan fingerprint density at radius 2 is 1.67 bits per heavy atom. The number of guanidine groups is 1. The van der Waals surface area contributed by atoms with Gasteiger partial charge in [0.1, 0.15) is 6.04 Å². The molecule has 0 bridgehead atoms. The summed E-state index contributed by atoms with van der Waals surface area (Å²) in [6, 6.07) is -1.68. The summed E-state index contributed by atoms with van der Waals surface area (Å²) in [5.41, 5.74) is 16.0. The van der Waals surface area contributed by atoms with E-state index in [-0.39, 0.29) is 18.3 Å². The minimum absolute atomic E-state index is 0.0418. The van der Waals surface area contributed by atoms with Gasteiger partial charge in [0.25, 0.3) is 5.97 Å². The summed E-state index contributed by atoms with van der Waals surface area (Å²) < 4.78 is 0. The van der Waals surface area contributed by atoms with Gasteiger partial charge in [-0.25, -0.2) is 4.79 Å². The van der Waals surface area contributed by atoms with Crippen LogP contribution in [0.3, 0.4) is 0 Å². The highest BCUT2D eigenvalue weighted by Gasteiger charge is 2.23. The Kier molecular flexibility index (Phi) is 13.1. The van der Waals surface area contributed by atoms with Gasteiger partial charge in [-0.05, 0) is 25.2 Å². The van der Waals surface area contributed by atoms with Crippen molar-refractivity contribution in [1.82, 2.24) is 5.32 Å². The van der Waals surface area contributed by atoms with Crippen LogP contribution in [0, 0.1) is 5.92 Å². The molecule has 0 heterocycles. The number of carbonyl (C=O) groups is 3. The molecule has 9 N–H and O–H groups in total. The zero-order valence-electron chi connectivity index (χ0n) is 14.4. The summed E-state index contributed by atoms with van der Waals surface area (Å²) in [6.07, 6.45) is 1.20. The zero-order valence-corrected chi connectivity index (χ0v) is 14.4. The maximum atomic E-state index is 11.8. The van der Waals surface area contributed by atoms with Gasteiger partial charge in [0.2, 0.25) is 5.91 Å². The number of aliphatic carboxylic acids is 2. The van der Waals surface area contributed by atoms with Crippen molar-refractivity contribution in [3.63, 3.8) is 0 Å². The van der Waals surface area contributed by atoms with Crippen LogP contribution in [0.2, 0.25) is 0 Å². The van der Waals surface area contributed by atoms with E-state index in [1.807, 2.05) is 13.8 Å². The first-order valence-corrected chi connectivity index (χ1v) is 7.51. The third-order valence-corrected chi connectivity index (χ3v) is 2.62. The summed E-state index contributed by atoms with van der Waals surface area (Å²) in [6.45, 7) is 5.29. The number of aliphatic imine (C=N–C) groups is 1. The molecule has 0 aliphatic rings. The Morgan fingerprint density at radius 1 is 1.17 bits per heavy atom. The molecule has 0 aliphatic heterocycles. The lowest BCUT2D eigenvalue weighted by atomic mass is 10.0. The number of amides is 1. The fourth-order valence-electron chi connectivity index (χ4n) is 1.65. The van der Waals surface area contributed by atoms with E-state index in [0.717, 1.165) is 6.92 Å². The first-order chi connectivity index (χ1) is 11.0. The number of hydrogen-bond donors (Lipinski definition) is 6. The van der Waals surface area contributed by atoms with Crippen LogP contribution in [-0.2, 0) is 14.4 Å². The summed E-state index contributed by atoms with van der Waals surface area (Å²) >= 11 is 0. The van der Waals surface area contributed by atoms with E-state index in [9.17, 15) is 9.59 Å². The molecule has 140 valence electrons. The van der Waals surface area contributed by atoms with Crippen molar-refractivity contribution in [2.45, 2.75) is 52.1 Å². The predicted octanol–water partition coefficient (Wildman–Crippen LogP) is -0.926. The van der Waals surface area contributed by atoms with Gasteiger partial charge in [-0.1, -0.05) is 13.8 Å². The van der Waals surface area contributed by atoms with Gasteiger partial charge in [0.15, 0.2) is 5.96 Å². The number of carboxylic acid groups (broad SMARTS) is 2. The molecule has 0 radical (unpaired) electrons. The third-order valence-electron chi connectivity index (χ3n) is 2.62. The van der Waals surface area contributed by atoms with E-state index in [1.54, 1.807) is 0 Å². The number of nitrogens with two attached hydrogens (primary N) is 3. The van der Waals surface area contributed by atoms with Crippen molar-refractivity contribution in [2.75, 3.05) is 6.54 Å². The molecule has 0 rings (SSSR count). The highest BCUT2D eigenvalue weighted by Crippen LogP contribution is 2.04. The van der Waals surface area contributed by atoms with Crippen molar-refractivity contribution in [3.05, 3.63) is 0 Å². The highest BCUT2D eigenvalue weighted by atomic mass is 16.4. The van der Waals surface area contributed by atoms with Gasteiger partial charge in [-0.3, -0.25) is 14.6 Å². The van der Waals surface area contributed by atoms with Crippen LogP contribution in [0.1, 0.15) is 40.0 Å². The maximum absolute atomic E-state index is 11.8. The van der Waals surface area contributed by atoms with Crippen LogP contribution >= 0.6 is 0 Å². The topological polar surface area (TPSA) is 194 Å². The average Bonchev–Trinajstić information content (AvgIpc) is 2.39. The monoisotopic (exact) mass is 347 g/mol. The fraction of sp³-hybridized carbons (Fsp3) is 0.714. The second kappa shape index (κ2) is 13.1. The Balaban J connectivity index is 0. The molecule has 1 amide bonds. The molecule has 0 aromatic heterocycles. The molecular formula is C14H29N5O5. The zero-order chi connectivity index (χ0) is 19.3. The van der Waals surface area contributed by atoms with E-state index in [0.29, 0.717) is 19.4 Å². The first-order valence-electron chi connectivity index (χ1n) is 7.51. The Bertz CT molecular complexity index is 431. The number of rotatable bonds is 9. The van der Waals surface area contributed by atoms with Gasteiger partial charge in [-0.2, -0.15) is 0 Å². The molecule has 0 aliphatic carbocycles. The number of carbonyl (C=O) groups excluding carboxylic acids is 1. The third kappa shape index (κ3) is 16.0. The number of nitrogens with zero attached hydrogens (tertiary/aromatic N) is 1. The van der Waals surface area contributed by atoms with E-state index < -0.39 is 29.9 Å². The number of hydrogen-bond acceptors (Lipinski definition) is 5. The van der Waals surface area contributed by atoms with Crippen LogP contribution in [0.5, 0.6) is 0 Å². The first kappa shape index (κ1) is 23.9. The van der Waals surface area contributed by atoms with Crippen LogP contribution in [0.25, 0.3) is 0 Å². The molecule has 0 aromatic rings. The summed E-state index contributed by atoms with van der Waals surface area (Å²) in [7, 11) is 0. The van der Waals surface area contributed by atoms with E-state index >= 15 is 0 Å². The Hall–Kier alpha value is -2.36. The molecule has 0 spiro atoms. The molecule has 24 heavy (non-hydrogen) atoms. The van der Waals surface area contributed by atoms with Crippen LogP contribution in [0.15, 0.2) is 4.99 Å². The molecular weight excluding hydrogens is 318 g/mol. The van der Waals surface area contributed by atoms with E-state index in [2.05, 4.69) is 10.3 Å². The smallest absolute Gasteiger partial charge is 0.326 e. The molecule has 10 nitrogen and oxygen atoms in total. The molecule has 10 heteroatoms. The van der Waals surface area contributed by atoms with Gasteiger partial charge in [0.05, 0.1) is 6.04 Å². The van der Waals surface area contributed by atoms with Gasteiger partial charge >= 0.3 is 5.97 Å². The average molecular weight is 347 g/mol. The molecule has 0 aromatic carbocycles. The van der Waals surface area contributed by atoms with E-state index in [1.165, 1.54) is 0 Å². The molecule has 0 unspecified atom stereocenters. The van der Waals surface area contributed by atoms with Crippen LogP contribution < -0.4 is 22.5 Å². The molecule has 0 fully saturated rings. The second-order valence-corrected chi connectivity index (χ2v) is 5.60. The minimum atomic E-state index is -1.10. The van der Waals surface area contributed by atoms with Crippen molar-refractivity contribution < 1.29 is 24.6 Å². The molecule has 0 saturated carbocycles. The van der Waals surface area contributed by atoms with Gasteiger partial charge in [0, 0.05) is 13.5 Å². The molecule has 0 saturated heterocycles. The SMILES string of the molecule is CC(=O)O.CC(C)C[C@H](N)C(=O)N[C@@H](CCCN=C(N)N)C(=O)O. The lowest BCUT2D eigenvalue weighted by molar-refractivity contribution is -0.142. The molecule has 2 atom stereocenters. The van der Waals surface area contributed by atoms with Crippen molar-refractivity contribution in [3.8, 4) is 0 Å². The summed E-state index contributed by atoms with van der Waals surface area (Å²) in [5, 5.41) is 18.9. The van der Waals surface area contributed by atoms with E-state index in [4.69, 9.17) is 32.2 Å². The van der Waals surface area contributed by atoms with Crippen LogP contribution in [-0.4, -0.2) is 52.6 Å². The summed E-state index contributed by atoms with van der Waals surface area (Å²) in [5.74, 6) is -2.16. The second-order valence-electron chi connectivity index (χ2n) is 5.60. The fourth-order valence-corrected chi connectivity index (χ4v) is 1.65. The normalized spacial score (nSPS) is 12.4. The Morgan fingerprint density at radius 3 is 2.04 bits per heavy atom. The highest BCUT2D eigenvalue weighted by molar-refractivity contribution is 5.86. The van der Waals surface area contributed by atoms with Crippen molar-refractivity contribution in [2.24, 2.45) is 28.1 Å². The van der Waals surface area contributed by atoms with Crippen molar-refractivity contribution in [1.29, 1.82) is 0 Å². The predicted molar refractivity (Wildman–Crippen MR) is 90.2 cm³/mol. The van der Waals surface area contributed by atoms with Gasteiger partial charge in [-0.15, -0.1) is 0 Å². The van der Waals surface area contributed by atoms with Gasteiger partial charge < -0.3 is 32.7 Å². The minimum Gasteiger partial charge on any atom is -0.481 e. The van der Waals surface area contributed by atoms with Crippen LogP contribution in [0.4, 0.5) is 0 Å². The number of nitrogens with one attached hydrogen (secondary N) is 1. The largest absolute Gasteiger partial charge is 0.481 e. The quantitative estimate of drug-likeness (QED) is 0.175. The standard InChI is InChI=1S/C12H25N5O3.C2H4O2/c1-7(2)6-8(13)10(18)17-9(11(19)20)4-3-5-16-12(14)15;1-2(3)4/h7-9H,3-6,13H2,1-2H3,(H,17,18)(H,19,20)(H4,14,15,16);1H3,(H,3,4)/t8-,9-;/m0./s1. The van der Waals surface area contributed by atoms with Crippen molar-refractivity contribution >= 4 is 23.8 Å². The maximum Gasteiger partial charge on any atom is 0.326 e. The lowest BCUT2D eigenvalue weighted by Crippen LogP contribution is -2.48. The number of carboxylic acids is 2.